The maximum absolute atomic E-state index is 14.0. The summed E-state index contributed by atoms with van der Waals surface area (Å²) in [5.74, 6) is -0.242. The highest BCUT2D eigenvalue weighted by Gasteiger charge is 2.18. The first kappa shape index (κ1) is 15.6. The molecule has 1 unspecified atom stereocenters. The van der Waals surface area contributed by atoms with E-state index >= 15 is 0 Å². The van der Waals surface area contributed by atoms with Crippen molar-refractivity contribution in [2.45, 2.75) is 33.2 Å². The van der Waals surface area contributed by atoms with E-state index in [2.05, 4.69) is 40.1 Å². The van der Waals surface area contributed by atoms with Gasteiger partial charge in [0.1, 0.15) is 10.8 Å². The minimum Gasteiger partial charge on any atom is -0.309 e. The first-order valence-corrected chi connectivity index (χ1v) is 8.30. The number of aromatic nitrogens is 1. The predicted octanol–water partition coefficient (Wildman–Crippen LogP) is 5.08. The van der Waals surface area contributed by atoms with Gasteiger partial charge in [-0.15, -0.1) is 11.3 Å². The largest absolute Gasteiger partial charge is 0.309 e. The molecule has 0 fully saturated rings. The standard InChI is InChI=1S/C15H18BrFN2S/c1-4-8-18-9(2)14-10(3)19-15(20-14)13-11(16)6-5-7-12(13)17/h5-7,9,18H,4,8H2,1-3H3. The Morgan fingerprint density at radius 2 is 2.20 bits per heavy atom. The topological polar surface area (TPSA) is 24.9 Å². The zero-order valence-electron chi connectivity index (χ0n) is 11.8. The van der Waals surface area contributed by atoms with Crippen molar-refractivity contribution >= 4 is 27.3 Å². The summed E-state index contributed by atoms with van der Waals surface area (Å²) in [6.45, 7) is 7.21. The van der Waals surface area contributed by atoms with Gasteiger partial charge in [0, 0.05) is 15.4 Å². The Morgan fingerprint density at radius 1 is 1.45 bits per heavy atom. The van der Waals surface area contributed by atoms with E-state index in [0.29, 0.717) is 5.56 Å². The fraction of sp³-hybridized carbons (Fsp3) is 0.400. The van der Waals surface area contributed by atoms with E-state index in [1.807, 2.05) is 13.0 Å². The molecule has 5 heteroatoms. The second-order valence-corrected chi connectivity index (χ2v) is 6.63. The molecule has 0 radical (unpaired) electrons. The fourth-order valence-corrected chi connectivity index (χ4v) is 3.89. The number of thiazole rings is 1. The van der Waals surface area contributed by atoms with Gasteiger partial charge in [-0.1, -0.05) is 13.0 Å². The minimum absolute atomic E-state index is 0.242. The summed E-state index contributed by atoms with van der Waals surface area (Å²) in [6.07, 6.45) is 1.09. The summed E-state index contributed by atoms with van der Waals surface area (Å²) in [5, 5.41) is 4.18. The normalized spacial score (nSPS) is 12.7. The number of halogens is 2. The molecule has 0 aliphatic carbocycles. The Balaban J connectivity index is 2.36. The molecule has 1 aromatic carbocycles. The molecule has 0 aliphatic heterocycles. The maximum atomic E-state index is 14.0. The highest BCUT2D eigenvalue weighted by atomic mass is 79.9. The van der Waals surface area contributed by atoms with Crippen LogP contribution in [0.25, 0.3) is 10.6 Å². The Labute approximate surface area is 131 Å². The smallest absolute Gasteiger partial charge is 0.134 e. The second-order valence-electron chi connectivity index (χ2n) is 4.74. The van der Waals surface area contributed by atoms with E-state index in [-0.39, 0.29) is 11.9 Å². The molecule has 2 nitrogen and oxygen atoms in total. The van der Waals surface area contributed by atoms with Crippen molar-refractivity contribution in [3.63, 3.8) is 0 Å². The van der Waals surface area contributed by atoms with Crippen LogP contribution in [0.15, 0.2) is 22.7 Å². The lowest BCUT2D eigenvalue weighted by Crippen LogP contribution is -2.18. The Morgan fingerprint density at radius 3 is 2.85 bits per heavy atom. The van der Waals surface area contributed by atoms with Gasteiger partial charge in [-0.05, 0) is 54.9 Å². The fourth-order valence-electron chi connectivity index (χ4n) is 2.07. The van der Waals surface area contributed by atoms with Crippen LogP contribution in [-0.4, -0.2) is 11.5 Å². The van der Waals surface area contributed by atoms with E-state index in [1.54, 1.807) is 17.4 Å². The zero-order valence-corrected chi connectivity index (χ0v) is 14.2. The quantitative estimate of drug-likeness (QED) is 0.807. The monoisotopic (exact) mass is 356 g/mol. The highest BCUT2D eigenvalue weighted by Crippen LogP contribution is 2.36. The molecule has 0 saturated heterocycles. The average molecular weight is 357 g/mol. The van der Waals surface area contributed by atoms with Crippen LogP contribution in [-0.2, 0) is 0 Å². The molecule has 20 heavy (non-hydrogen) atoms. The van der Waals surface area contributed by atoms with Gasteiger partial charge in [-0.2, -0.15) is 0 Å². The number of nitrogens with zero attached hydrogens (tertiary/aromatic N) is 1. The lowest BCUT2D eigenvalue weighted by molar-refractivity contribution is 0.575. The van der Waals surface area contributed by atoms with Gasteiger partial charge in [0.25, 0.3) is 0 Å². The molecule has 2 rings (SSSR count). The van der Waals surface area contributed by atoms with Crippen LogP contribution in [0, 0.1) is 12.7 Å². The third kappa shape index (κ3) is 3.27. The summed E-state index contributed by atoms with van der Waals surface area (Å²) in [4.78, 5) is 5.71. The molecule has 0 saturated carbocycles. The number of rotatable bonds is 5. The van der Waals surface area contributed by atoms with E-state index in [4.69, 9.17) is 0 Å². The number of hydrogen-bond acceptors (Lipinski definition) is 3. The van der Waals surface area contributed by atoms with E-state index in [0.717, 1.165) is 28.1 Å². The zero-order chi connectivity index (χ0) is 14.7. The molecule has 0 bridgehead atoms. The third-order valence-corrected chi connectivity index (χ3v) is 5.12. The summed E-state index contributed by atoms with van der Waals surface area (Å²) in [5.41, 5.74) is 1.52. The van der Waals surface area contributed by atoms with Crippen LogP contribution in [0.1, 0.15) is 36.9 Å². The lowest BCUT2D eigenvalue weighted by atomic mass is 10.2. The van der Waals surface area contributed by atoms with Crippen molar-refractivity contribution in [3.8, 4) is 10.6 Å². The molecule has 2 aromatic rings. The molecule has 108 valence electrons. The second kappa shape index (κ2) is 6.78. The van der Waals surface area contributed by atoms with Gasteiger partial charge < -0.3 is 5.32 Å². The van der Waals surface area contributed by atoms with Gasteiger partial charge >= 0.3 is 0 Å². The molecular formula is C15H18BrFN2S. The van der Waals surface area contributed by atoms with Crippen molar-refractivity contribution in [2.24, 2.45) is 0 Å². The highest BCUT2D eigenvalue weighted by molar-refractivity contribution is 9.10. The van der Waals surface area contributed by atoms with Gasteiger partial charge in [0.05, 0.1) is 11.3 Å². The van der Waals surface area contributed by atoms with Crippen LogP contribution >= 0.6 is 27.3 Å². The van der Waals surface area contributed by atoms with Gasteiger partial charge in [-0.25, -0.2) is 9.37 Å². The van der Waals surface area contributed by atoms with Crippen LogP contribution in [0.3, 0.4) is 0 Å². The van der Waals surface area contributed by atoms with Crippen molar-refractivity contribution in [3.05, 3.63) is 39.1 Å². The molecule has 1 aromatic heterocycles. The molecule has 1 heterocycles. The number of hydrogen-bond donors (Lipinski definition) is 1. The first-order valence-electron chi connectivity index (χ1n) is 6.69. The summed E-state index contributed by atoms with van der Waals surface area (Å²) in [6, 6.07) is 5.24. The van der Waals surface area contributed by atoms with Gasteiger partial charge in [0.15, 0.2) is 0 Å². The number of nitrogens with one attached hydrogen (secondary N) is 1. The average Bonchev–Trinajstić information content (AvgIpc) is 2.77. The van der Waals surface area contributed by atoms with Crippen molar-refractivity contribution in [2.75, 3.05) is 6.54 Å². The predicted molar refractivity (Wildman–Crippen MR) is 86.7 cm³/mol. The molecule has 1 atom stereocenters. The molecule has 0 amide bonds. The summed E-state index contributed by atoms with van der Waals surface area (Å²) in [7, 11) is 0. The Kier molecular flexibility index (Phi) is 5.29. The van der Waals surface area contributed by atoms with Crippen LogP contribution in [0.5, 0.6) is 0 Å². The Bertz CT molecular complexity index is 577. The van der Waals surface area contributed by atoms with E-state index in [1.165, 1.54) is 10.9 Å². The molecule has 1 N–H and O–H groups in total. The Hall–Kier alpha value is -0.780. The summed E-state index contributed by atoms with van der Waals surface area (Å²) >= 11 is 4.96. The van der Waals surface area contributed by atoms with Crippen molar-refractivity contribution in [1.29, 1.82) is 0 Å². The number of benzene rings is 1. The van der Waals surface area contributed by atoms with Gasteiger partial charge in [0.2, 0.25) is 0 Å². The van der Waals surface area contributed by atoms with Crippen molar-refractivity contribution in [1.82, 2.24) is 10.3 Å². The molecule has 0 aliphatic rings. The SMILES string of the molecule is CCCNC(C)c1sc(-c2c(F)cccc2Br)nc1C. The van der Waals surface area contributed by atoms with E-state index in [9.17, 15) is 4.39 Å². The number of aryl methyl sites for hydroxylation is 1. The van der Waals surface area contributed by atoms with E-state index < -0.39 is 0 Å². The maximum Gasteiger partial charge on any atom is 0.134 e. The lowest BCUT2D eigenvalue weighted by Gasteiger charge is -2.11. The van der Waals surface area contributed by atoms with Crippen LogP contribution < -0.4 is 5.32 Å². The summed E-state index contributed by atoms with van der Waals surface area (Å²) < 4.78 is 14.7. The molecule has 0 spiro atoms. The van der Waals surface area contributed by atoms with Crippen LogP contribution in [0.2, 0.25) is 0 Å². The first-order chi connectivity index (χ1) is 9.54. The minimum atomic E-state index is -0.242. The van der Waals surface area contributed by atoms with Crippen LogP contribution in [0.4, 0.5) is 4.39 Å². The van der Waals surface area contributed by atoms with Gasteiger partial charge in [-0.3, -0.25) is 0 Å². The molecular weight excluding hydrogens is 339 g/mol. The van der Waals surface area contributed by atoms with Crippen molar-refractivity contribution < 1.29 is 4.39 Å². The third-order valence-electron chi connectivity index (χ3n) is 3.10.